The zero-order valence-corrected chi connectivity index (χ0v) is 14.0. The second-order valence-corrected chi connectivity index (χ2v) is 5.93. The van der Waals surface area contributed by atoms with Gasteiger partial charge in [0, 0.05) is 33.6 Å². The molecular formula is C19H15ClN2O2. The fourth-order valence-electron chi connectivity index (χ4n) is 2.91. The molecular weight excluding hydrogens is 324 g/mol. The van der Waals surface area contributed by atoms with Crippen LogP contribution in [0.1, 0.15) is 0 Å². The minimum atomic E-state index is 0.693. The normalized spacial score (nSPS) is 11.1. The van der Waals surface area contributed by atoms with E-state index in [0.29, 0.717) is 16.5 Å². The van der Waals surface area contributed by atoms with E-state index in [2.05, 4.69) is 4.98 Å². The number of pyridine rings is 1. The molecule has 0 fully saturated rings. The van der Waals surface area contributed by atoms with Gasteiger partial charge in [-0.3, -0.25) is 0 Å². The smallest absolute Gasteiger partial charge is 0.162 e. The summed E-state index contributed by atoms with van der Waals surface area (Å²) in [5, 5.41) is 2.76. The first-order valence-electron chi connectivity index (χ1n) is 7.49. The highest BCUT2D eigenvalue weighted by molar-refractivity contribution is 6.31. The third kappa shape index (κ3) is 2.36. The van der Waals surface area contributed by atoms with E-state index in [-0.39, 0.29) is 0 Å². The molecule has 0 atom stereocenters. The molecule has 0 aliphatic rings. The maximum Gasteiger partial charge on any atom is 0.162 e. The van der Waals surface area contributed by atoms with Gasteiger partial charge < -0.3 is 14.5 Å². The zero-order chi connectivity index (χ0) is 16.7. The van der Waals surface area contributed by atoms with E-state index in [1.807, 2.05) is 48.7 Å². The zero-order valence-electron chi connectivity index (χ0n) is 13.3. The highest BCUT2D eigenvalue weighted by Crippen LogP contribution is 2.36. The number of benzene rings is 2. The second-order valence-electron chi connectivity index (χ2n) is 5.49. The number of ether oxygens (including phenoxy) is 2. The molecule has 2 aromatic carbocycles. The molecule has 5 heteroatoms. The topological polar surface area (TPSA) is 47.1 Å². The fraction of sp³-hybridized carbons (Fsp3) is 0.105. The van der Waals surface area contributed by atoms with Gasteiger partial charge in [-0.1, -0.05) is 17.7 Å². The molecule has 0 saturated carbocycles. The number of aromatic amines is 1. The molecule has 0 saturated heterocycles. The van der Waals surface area contributed by atoms with Crippen LogP contribution in [0.25, 0.3) is 33.1 Å². The summed E-state index contributed by atoms with van der Waals surface area (Å²) in [7, 11) is 3.26. The minimum absolute atomic E-state index is 0.693. The molecule has 2 heterocycles. The van der Waals surface area contributed by atoms with E-state index in [9.17, 15) is 0 Å². The molecule has 4 aromatic rings. The Balaban J connectivity index is 1.91. The molecule has 120 valence electrons. The van der Waals surface area contributed by atoms with Crippen molar-refractivity contribution in [3.8, 4) is 22.8 Å². The van der Waals surface area contributed by atoms with Crippen LogP contribution in [-0.2, 0) is 0 Å². The Hall–Kier alpha value is -2.72. The number of nitrogens with zero attached hydrogens (tertiary/aromatic N) is 1. The van der Waals surface area contributed by atoms with E-state index >= 15 is 0 Å². The van der Waals surface area contributed by atoms with Crippen molar-refractivity contribution in [2.45, 2.75) is 0 Å². The van der Waals surface area contributed by atoms with Gasteiger partial charge in [0.2, 0.25) is 0 Å². The van der Waals surface area contributed by atoms with Crippen molar-refractivity contribution in [3.63, 3.8) is 0 Å². The van der Waals surface area contributed by atoms with Crippen LogP contribution in [0.15, 0.2) is 48.7 Å². The van der Waals surface area contributed by atoms with Gasteiger partial charge in [0.15, 0.2) is 11.5 Å². The Kier molecular flexibility index (Phi) is 3.54. The van der Waals surface area contributed by atoms with Gasteiger partial charge in [0.05, 0.1) is 30.9 Å². The van der Waals surface area contributed by atoms with Crippen LogP contribution in [0, 0.1) is 0 Å². The Morgan fingerprint density at radius 2 is 1.75 bits per heavy atom. The largest absolute Gasteiger partial charge is 0.493 e. The summed E-state index contributed by atoms with van der Waals surface area (Å²) in [6, 6.07) is 13.6. The van der Waals surface area contributed by atoms with Crippen molar-refractivity contribution in [2.75, 3.05) is 14.2 Å². The molecule has 0 aliphatic carbocycles. The van der Waals surface area contributed by atoms with Crippen LogP contribution in [0.5, 0.6) is 11.5 Å². The number of nitrogens with one attached hydrogen (secondary N) is 1. The van der Waals surface area contributed by atoms with Gasteiger partial charge in [0.25, 0.3) is 0 Å². The minimum Gasteiger partial charge on any atom is -0.493 e. The van der Waals surface area contributed by atoms with E-state index in [1.165, 1.54) is 0 Å². The lowest BCUT2D eigenvalue weighted by atomic mass is 10.1. The lowest BCUT2D eigenvalue weighted by Crippen LogP contribution is -1.90. The first kappa shape index (κ1) is 14.8. The van der Waals surface area contributed by atoms with Crippen LogP contribution in [-0.4, -0.2) is 24.2 Å². The summed E-state index contributed by atoms with van der Waals surface area (Å²) in [5.74, 6) is 1.39. The lowest BCUT2D eigenvalue weighted by Gasteiger charge is -2.08. The van der Waals surface area contributed by atoms with Crippen molar-refractivity contribution in [1.29, 1.82) is 0 Å². The third-order valence-electron chi connectivity index (χ3n) is 4.11. The van der Waals surface area contributed by atoms with Gasteiger partial charge >= 0.3 is 0 Å². The predicted molar refractivity (Wildman–Crippen MR) is 97.1 cm³/mol. The summed E-state index contributed by atoms with van der Waals surface area (Å²) in [4.78, 5) is 8.03. The molecule has 0 aliphatic heterocycles. The molecule has 0 amide bonds. The molecule has 0 spiro atoms. The van der Waals surface area contributed by atoms with E-state index in [4.69, 9.17) is 26.1 Å². The second kappa shape index (κ2) is 5.73. The highest BCUT2D eigenvalue weighted by atomic mass is 35.5. The van der Waals surface area contributed by atoms with Crippen LogP contribution in [0.2, 0.25) is 5.02 Å². The van der Waals surface area contributed by atoms with E-state index in [1.54, 1.807) is 14.2 Å². The van der Waals surface area contributed by atoms with Gasteiger partial charge in [-0.15, -0.1) is 0 Å². The number of halogens is 1. The first-order valence-corrected chi connectivity index (χ1v) is 7.87. The SMILES string of the molecule is COc1cc2[nH]cc(-c3ccc4cc(Cl)ccc4n3)c2cc1OC. The number of hydrogen-bond acceptors (Lipinski definition) is 3. The third-order valence-corrected chi connectivity index (χ3v) is 4.35. The van der Waals surface area contributed by atoms with Crippen LogP contribution < -0.4 is 9.47 Å². The Morgan fingerprint density at radius 1 is 0.958 bits per heavy atom. The summed E-state index contributed by atoms with van der Waals surface area (Å²) in [6.07, 6.45) is 1.95. The van der Waals surface area contributed by atoms with Crippen molar-refractivity contribution in [2.24, 2.45) is 0 Å². The quantitative estimate of drug-likeness (QED) is 0.568. The van der Waals surface area contributed by atoms with Crippen molar-refractivity contribution in [3.05, 3.63) is 53.7 Å². The predicted octanol–water partition coefficient (Wildman–Crippen LogP) is 5.05. The van der Waals surface area contributed by atoms with Crippen LogP contribution >= 0.6 is 11.6 Å². The maximum atomic E-state index is 6.04. The number of hydrogen-bond donors (Lipinski definition) is 1. The maximum absolute atomic E-state index is 6.04. The van der Waals surface area contributed by atoms with Gasteiger partial charge in [-0.25, -0.2) is 4.98 Å². The van der Waals surface area contributed by atoms with Crippen molar-refractivity contribution in [1.82, 2.24) is 9.97 Å². The molecule has 1 N–H and O–H groups in total. The molecule has 0 radical (unpaired) electrons. The monoisotopic (exact) mass is 338 g/mol. The molecule has 0 bridgehead atoms. The molecule has 4 nitrogen and oxygen atoms in total. The van der Waals surface area contributed by atoms with Gasteiger partial charge in [-0.2, -0.15) is 0 Å². The summed E-state index contributed by atoms with van der Waals surface area (Å²) in [5.41, 5.74) is 3.79. The fourth-order valence-corrected chi connectivity index (χ4v) is 3.09. The van der Waals surface area contributed by atoms with Crippen LogP contribution in [0.3, 0.4) is 0 Å². The number of aromatic nitrogens is 2. The van der Waals surface area contributed by atoms with Gasteiger partial charge in [0.1, 0.15) is 0 Å². The molecule has 0 unspecified atom stereocenters. The Bertz CT molecular complexity index is 1060. The van der Waals surface area contributed by atoms with Crippen LogP contribution in [0.4, 0.5) is 0 Å². The van der Waals surface area contributed by atoms with Crippen molar-refractivity contribution >= 4 is 33.4 Å². The Labute approximate surface area is 144 Å². The number of H-pyrrole nitrogens is 1. The Morgan fingerprint density at radius 3 is 2.54 bits per heavy atom. The highest BCUT2D eigenvalue weighted by Gasteiger charge is 2.13. The average Bonchev–Trinajstić information content (AvgIpc) is 3.02. The lowest BCUT2D eigenvalue weighted by molar-refractivity contribution is 0.356. The average molecular weight is 339 g/mol. The van der Waals surface area contributed by atoms with E-state index < -0.39 is 0 Å². The summed E-state index contributed by atoms with van der Waals surface area (Å²) in [6.45, 7) is 0. The van der Waals surface area contributed by atoms with E-state index in [0.717, 1.165) is 33.1 Å². The summed E-state index contributed by atoms with van der Waals surface area (Å²) >= 11 is 6.04. The van der Waals surface area contributed by atoms with Crippen molar-refractivity contribution < 1.29 is 9.47 Å². The number of methoxy groups -OCH3 is 2. The molecule has 4 rings (SSSR count). The standard InChI is InChI=1S/C19H15ClN2O2/c1-23-18-8-13-14(10-21-17(13)9-19(18)24-2)16-5-3-11-7-12(20)4-6-15(11)22-16/h3-10,21H,1-2H3. The van der Waals surface area contributed by atoms with Gasteiger partial charge in [-0.05, 0) is 30.3 Å². The number of rotatable bonds is 3. The molecule has 24 heavy (non-hydrogen) atoms. The molecule has 2 aromatic heterocycles. The number of fused-ring (bicyclic) bond motifs is 2. The first-order chi connectivity index (χ1) is 11.7. The summed E-state index contributed by atoms with van der Waals surface area (Å²) < 4.78 is 10.8.